The lowest BCUT2D eigenvalue weighted by Gasteiger charge is -2.20. The normalized spacial score (nSPS) is 13.3. The molecule has 0 fully saturated rings. The first-order chi connectivity index (χ1) is 8.45. The number of rotatable bonds is 7. The van der Waals surface area contributed by atoms with Crippen LogP contribution in [-0.2, 0) is 13.5 Å². The van der Waals surface area contributed by atoms with E-state index in [1.54, 1.807) is 0 Å². The topological polar surface area (TPSA) is 29.9 Å². The standard InChI is InChI=1S/C14H26BrN3/c1-6-16-12(9-10(2)3)7-8-13-14(15)11(4)17-18(13)5/h10,12,16H,6-9H2,1-5H3. The molecule has 0 spiro atoms. The Kier molecular flexibility index (Phi) is 6.36. The highest BCUT2D eigenvalue weighted by Crippen LogP contribution is 2.22. The molecule has 1 atom stereocenters. The minimum absolute atomic E-state index is 0.608. The summed E-state index contributed by atoms with van der Waals surface area (Å²) in [5, 5.41) is 8.03. The van der Waals surface area contributed by atoms with Crippen LogP contribution in [0, 0.1) is 12.8 Å². The Bertz CT molecular complexity index is 371. The van der Waals surface area contributed by atoms with Crippen molar-refractivity contribution in [3.05, 3.63) is 15.9 Å². The Balaban J connectivity index is 2.60. The Morgan fingerprint density at radius 2 is 2.06 bits per heavy atom. The van der Waals surface area contributed by atoms with Crippen molar-refractivity contribution in [1.82, 2.24) is 15.1 Å². The molecule has 0 amide bonds. The summed E-state index contributed by atoms with van der Waals surface area (Å²) in [7, 11) is 2.03. The van der Waals surface area contributed by atoms with Crippen LogP contribution < -0.4 is 5.32 Å². The van der Waals surface area contributed by atoms with Gasteiger partial charge in [0.15, 0.2) is 0 Å². The van der Waals surface area contributed by atoms with E-state index in [2.05, 4.69) is 47.1 Å². The van der Waals surface area contributed by atoms with Crippen LogP contribution in [0.5, 0.6) is 0 Å². The van der Waals surface area contributed by atoms with Gasteiger partial charge in [-0.3, -0.25) is 4.68 Å². The SMILES string of the molecule is CCNC(CCc1c(Br)c(C)nn1C)CC(C)C. The Morgan fingerprint density at radius 3 is 2.50 bits per heavy atom. The summed E-state index contributed by atoms with van der Waals surface area (Å²) >= 11 is 3.64. The molecular weight excluding hydrogens is 290 g/mol. The zero-order chi connectivity index (χ0) is 13.7. The molecule has 0 aromatic carbocycles. The summed E-state index contributed by atoms with van der Waals surface area (Å²) in [6, 6.07) is 0.608. The molecule has 4 heteroatoms. The second kappa shape index (κ2) is 7.29. The van der Waals surface area contributed by atoms with E-state index < -0.39 is 0 Å². The number of aromatic nitrogens is 2. The maximum absolute atomic E-state index is 4.44. The van der Waals surface area contributed by atoms with E-state index in [0.717, 1.165) is 24.6 Å². The lowest BCUT2D eigenvalue weighted by atomic mass is 9.99. The highest BCUT2D eigenvalue weighted by Gasteiger charge is 2.14. The van der Waals surface area contributed by atoms with Gasteiger partial charge in [0.2, 0.25) is 0 Å². The molecule has 0 aliphatic rings. The van der Waals surface area contributed by atoms with Crippen molar-refractivity contribution in [2.75, 3.05) is 6.54 Å². The largest absolute Gasteiger partial charge is 0.314 e. The molecule has 1 N–H and O–H groups in total. The minimum atomic E-state index is 0.608. The molecule has 104 valence electrons. The third kappa shape index (κ3) is 4.39. The van der Waals surface area contributed by atoms with Crippen LogP contribution >= 0.6 is 15.9 Å². The predicted octanol–water partition coefficient (Wildman–Crippen LogP) is 3.45. The van der Waals surface area contributed by atoms with Crippen molar-refractivity contribution in [3.8, 4) is 0 Å². The van der Waals surface area contributed by atoms with E-state index in [-0.39, 0.29) is 0 Å². The number of halogens is 1. The smallest absolute Gasteiger partial charge is 0.0738 e. The summed E-state index contributed by atoms with van der Waals surface area (Å²) in [6.45, 7) is 9.84. The van der Waals surface area contributed by atoms with E-state index >= 15 is 0 Å². The molecule has 0 saturated carbocycles. The minimum Gasteiger partial charge on any atom is -0.314 e. The molecule has 1 aromatic rings. The zero-order valence-electron chi connectivity index (χ0n) is 12.3. The monoisotopic (exact) mass is 315 g/mol. The van der Waals surface area contributed by atoms with Crippen molar-refractivity contribution in [2.45, 2.75) is 53.0 Å². The van der Waals surface area contributed by atoms with Gasteiger partial charge in [-0.1, -0.05) is 20.8 Å². The van der Waals surface area contributed by atoms with Gasteiger partial charge in [0.05, 0.1) is 15.9 Å². The van der Waals surface area contributed by atoms with Crippen LogP contribution in [0.15, 0.2) is 4.47 Å². The number of hydrogen-bond acceptors (Lipinski definition) is 2. The van der Waals surface area contributed by atoms with E-state index in [4.69, 9.17) is 0 Å². The summed E-state index contributed by atoms with van der Waals surface area (Å²) < 4.78 is 3.17. The molecule has 18 heavy (non-hydrogen) atoms. The van der Waals surface area contributed by atoms with E-state index in [1.807, 2.05) is 18.7 Å². The van der Waals surface area contributed by atoms with Crippen LogP contribution in [0.3, 0.4) is 0 Å². The van der Waals surface area contributed by atoms with Gasteiger partial charge in [-0.25, -0.2) is 0 Å². The number of aryl methyl sites for hydroxylation is 2. The van der Waals surface area contributed by atoms with Crippen LogP contribution in [0.1, 0.15) is 45.0 Å². The van der Waals surface area contributed by atoms with E-state index in [9.17, 15) is 0 Å². The maximum atomic E-state index is 4.44. The Hall–Kier alpha value is -0.350. The third-order valence-corrected chi connectivity index (χ3v) is 4.27. The average molecular weight is 316 g/mol. The van der Waals surface area contributed by atoms with Crippen molar-refractivity contribution >= 4 is 15.9 Å². The van der Waals surface area contributed by atoms with Crippen LogP contribution in [0.2, 0.25) is 0 Å². The molecule has 1 aromatic heterocycles. The average Bonchev–Trinajstić information content (AvgIpc) is 2.50. The van der Waals surface area contributed by atoms with Gasteiger partial charge in [-0.15, -0.1) is 0 Å². The molecule has 0 bridgehead atoms. The molecule has 0 saturated heterocycles. The molecule has 1 heterocycles. The highest BCUT2D eigenvalue weighted by atomic mass is 79.9. The van der Waals surface area contributed by atoms with Crippen LogP contribution in [0.25, 0.3) is 0 Å². The lowest BCUT2D eigenvalue weighted by Crippen LogP contribution is -2.31. The summed E-state index contributed by atoms with van der Waals surface area (Å²) in [4.78, 5) is 0. The van der Waals surface area contributed by atoms with E-state index in [0.29, 0.717) is 6.04 Å². The van der Waals surface area contributed by atoms with Crippen molar-refractivity contribution < 1.29 is 0 Å². The summed E-state index contributed by atoms with van der Waals surface area (Å²) in [6.07, 6.45) is 3.48. The van der Waals surface area contributed by atoms with Crippen molar-refractivity contribution in [2.24, 2.45) is 13.0 Å². The predicted molar refractivity (Wildman–Crippen MR) is 80.9 cm³/mol. The number of hydrogen-bond donors (Lipinski definition) is 1. The van der Waals surface area contributed by atoms with Gasteiger partial charge in [0.25, 0.3) is 0 Å². The van der Waals surface area contributed by atoms with Gasteiger partial charge in [-0.2, -0.15) is 5.10 Å². The van der Waals surface area contributed by atoms with Gasteiger partial charge < -0.3 is 5.32 Å². The van der Waals surface area contributed by atoms with Crippen molar-refractivity contribution in [3.63, 3.8) is 0 Å². The summed E-state index contributed by atoms with van der Waals surface area (Å²) in [5.41, 5.74) is 2.38. The van der Waals surface area contributed by atoms with Gasteiger partial charge >= 0.3 is 0 Å². The zero-order valence-corrected chi connectivity index (χ0v) is 13.8. The molecule has 1 rings (SSSR count). The fraction of sp³-hybridized carbons (Fsp3) is 0.786. The highest BCUT2D eigenvalue weighted by molar-refractivity contribution is 9.10. The molecule has 3 nitrogen and oxygen atoms in total. The van der Waals surface area contributed by atoms with Crippen LogP contribution in [0.4, 0.5) is 0 Å². The second-order valence-electron chi connectivity index (χ2n) is 5.39. The fourth-order valence-corrected chi connectivity index (χ4v) is 2.96. The molecule has 0 aliphatic heterocycles. The van der Waals surface area contributed by atoms with Crippen LogP contribution in [-0.4, -0.2) is 22.4 Å². The summed E-state index contributed by atoms with van der Waals surface area (Å²) in [5.74, 6) is 0.741. The lowest BCUT2D eigenvalue weighted by molar-refractivity contribution is 0.402. The number of nitrogens with zero attached hydrogens (tertiary/aromatic N) is 2. The van der Waals surface area contributed by atoms with E-state index in [1.165, 1.54) is 23.0 Å². The van der Waals surface area contributed by atoms with Gasteiger partial charge in [0.1, 0.15) is 0 Å². The Labute approximate surface area is 119 Å². The molecule has 0 aliphatic carbocycles. The Morgan fingerprint density at radius 1 is 1.39 bits per heavy atom. The first-order valence-electron chi connectivity index (χ1n) is 6.87. The first kappa shape index (κ1) is 15.7. The maximum Gasteiger partial charge on any atom is 0.0738 e. The molecular formula is C14H26BrN3. The van der Waals surface area contributed by atoms with Gasteiger partial charge in [0, 0.05) is 13.1 Å². The first-order valence-corrected chi connectivity index (χ1v) is 7.66. The molecule has 0 radical (unpaired) electrons. The fourth-order valence-electron chi connectivity index (χ4n) is 2.42. The number of nitrogens with one attached hydrogen (secondary N) is 1. The van der Waals surface area contributed by atoms with Crippen molar-refractivity contribution in [1.29, 1.82) is 0 Å². The molecule has 1 unspecified atom stereocenters. The second-order valence-corrected chi connectivity index (χ2v) is 6.19. The third-order valence-electron chi connectivity index (χ3n) is 3.24. The van der Waals surface area contributed by atoms with Gasteiger partial charge in [-0.05, 0) is 54.6 Å². The quantitative estimate of drug-likeness (QED) is 0.835.